The van der Waals surface area contributed by atoms with E-state index in [1.807, 2.05) is 6.20 Å². The van der Waals surface area contributed by atoms with Gasteiger partial charge in [-0.1, -0.05) is 33.1 Å². The van der Waals surface area contributed by atoms with E-state index in [-0.39, 0.29) is 0 Å². The number of nitrogens with zero attached hydrogens (tertiary/aromatic N) is 2. The predicted molar refractivity (Wildman–Crippen MR) is 84.9 cm³/mol. The Bertz CT molecular complexity index is 366. The zero-order valence-corrected chi connectivity index (χ0v) is 13.3. The van der Waals surface area contributed by atoms with Gasteiger partial charge < -0.3 is 9.88 Å². The number of aromatic nitrogens is 2. The second-order valence-corrected chi connectivity index (χ2v) is 6.20. The van der Waals surface area contributed by atoms with Gasteiger partial charge in [-0.3, -0.25) is 0 Å². The summed E-state index contributed by atoms with van der Waals surface area (Å²) in [6, 6.07) is 0.619. The van der Waals surface area contributed by atoms with E-state index in [2.05, 4.69) is 34.9 Å². The molecule has 3 heteroatoms. The molecule has 1 saturated carbocycles. The fraction of sp³-hybridized carbons (Fsp3) is 0.824. The number of imidazole rings is 1. The molecule has 0 radical (unpaired) electrons. The molecule has 1 heterocycles. The first-order valence-electron chi connectivity index (χ1n) is 8.58. The first-order valence-corrected chi connectivity index (χ1v) is 8.58. The number of rotatable bonds is 8. The van der Waals surface area contributed by atoms with Gasteiger partial charge in [-0.2, -0.15) is 0 Å². The molecule has 0 bridgehead atoms. The second-order valence-electron chi connectivity index (χ2n) is 6.20. The van der Waals surface area contributed by atoms with Crippen molar-refractivity contribution in [2.24, 2.45) is 5.92 Å². The van der Waals surface area contributed by atoms with Crippen LogP contribution in [-0.2, 0) is 13.0 Å². The highest BCUT2D eigenvalue weighted by Gasteiger charge is 2.24. The van der Waals surface area contributed by atoms with Crippen LogP contribution in [0.25, 0.3) is 0 Å². The van der Waals surface area contributed by atoms with Crippen molar-refractivity contribution in [1.82, 2.24) is 14.9 Å². The summed E-state index contributed by atoms with van der Waals surface area (Å²) in [6.07, 6.45) is 14.6. The van der Waals surface area contributed by atoms with Crippen LogP contribution >= 0.6 is 0 Å². The lowest BCUT2D eigenvalue weighted by atomic mass is 9.82. The van der Waals surface area contributed by atoms with Gasteiger partial charge in [0, 0.05) is 31.4 Å². The molecule has 0 aliphatic heterocycles. The maximum Gasteiger partial charge on any atom is 0.110 e. The normalized spacial score (nSPS) is 18.3. The molecular weight excluding hydrogens is 246 g/mol. The third kappa shape index (κ3) is 4.34. The van der Waals surface area contributed by atoms with Gasteiger partial charge in [0.2, 0.25) is 0 Å². The molecule has 0 spiro atoms. The van der Waals surface area contributed by atoms with E-state index in [4.69, 9.17) is 0 Å². The number of hydrogen-bond acceptors (Lipinski definition) is 2. The summed E-state index contributed by atoms with van der Waals surface area (Å²) in [6.45, 7) is 6.72. The van der Waals surface area contributed by atoms with Gasteiger partial charge in [0.1, 0.15) is 5.82 Å². The summed E-state index contributed by atoms with van der Waals surface area (Å²) in [5.74, 6) is 2.12. The minimum absolute atomic E-state index is 0.619. The van der Waals surface area contributed by atoms with E-state index in [1.165, 1.54) is 50.8 Å². The van der Waals surface area contributed by atoms with E-state index >= 15 is 0 Å². The monoisotopic (exact) mass is 277 g/mol. The smallest absolute Gasteiger partial charge is 0.110 e. The molecule has 3 nitrogen and oxygen atoms in total. The van der Waals surface area contributed by atoms with Gasteiger partial charge in [0.15, 0.2) is 0 Å². The molecule has 0 amide bonds. The van der Waals surface area contributed by atoms with Crippen LogP contribution in [0, 0.1) is 5.92 Å². The molecule has 1 unspecified atom stereocenters. The molecule has 2 rings (SSSR count). The Morgan fingerprint density at radius 3 is 2.75 bits per heavy atom. The Morgan fingerprint density at radius 2 is 2.05 bits per heavy atom. The molecule has 1 aromatic heterocycles. The Morgan fingerprint density at radius 1 is 1.25 bits per heavy atom. The van der Waals surface area contributed by atoms with Crippen molar-refractivity contribution in [1.29, 1.82) is 0 Å². The van der Waals surface area contributed by atoms with Gasteiger partial charge >= 0.3 is 0 Å². The molecule has 114 valence electrons. The van der Waals surface area contributed by atoms with Crippen molar-refractivity contribution in [2.45, 2.75) is 77.8 Å². The van der Waals surface area contributed by atoms with Crippen LogP contribution in [0.3, 0.4) is 0 Å². The third-order valence-electron chi connectivity index (χ3n) is 4.54. The highest BCUT2D eigenvalue weighted by atomic mass is 15.1. The summed E-state index contributed by atoms with van der Waals surface area (Å²) >= 11 is 0. The lowest BCUT2D eigenvalue weighted by Gasteiger charge is -2.31. The average molecular weight is 277 g/mol. The first-order chi connectivity index (χ1) is 9.85. The van der Waals surface area contributed by atoms with E-state index in [0.29, 0.717) is 6.04 Å². The molecule has 1 aromatic rings. The first kappa shape index (κ1) is 15.6. The zero-order valence-electron chi connectivity index (χ0n) is 13.3. The summed E-state index contributed by atoms with van der Waals surface area (Å²) in [4.78, 5) is 4.60. The van der Waals surface area contributed by atoms with Crippen LogP contribution in [0.1, 0.15) is 64.6 Å². The number of aryl methyl sites for hydroxylation is 1. The molecule has 1 atom stereocenters. The van der Waals surface area contributed by atoms with E-state index in [9.17, 15) is 0 Å². The highest BCUT2D eigenvalue weighted by molar-refractivity contribution is 4.97. The molecule has 0 saturated heterocycles. The minimum Gasteiger partial charge on any atom is -0.335 e. The summed E-state index contributed by atoms with van der Waals surface area (Å²) < 4.78 is 2.34. The highest BCUT2D eigenvalue weighted by Crippen LogP contribution is 2.28. The molecule has 1 aliphatic rings. The molecule has 1 fully saturated rings. The van der Waals surface area contributed by atoms with Crippen molar-refractivity contribution in [3.63, 3.8) is 0 Å². The average Bonchev–Trinajstić information content (AvgIpc) is 2.92. The van der Waals surface area contributed by atoms with Crippen molar-refractivity contribution in [3.8, 4) is 0 Å². The van der Waals surface area contributed by atoms with Gasteiger partial charge in [-0.25, -0.2) is 4.98 Å². The Kier molecular flexibility index (Phi) is 6.58. The van der Waals surface area contributed by atoms with Gasteiger partial charge in [-0.05, 0) is 38.1 Å². The van der Waals surface area contributed by atoms with Crippen LogP contribution in [0.5, 0.6) is 0 Å². The SMILES string of the molecule is CCCNC(Cc1nccn1CCC)C1CCCCC1. The predicted octanol–water partition coefficient (Wildman–Crippen LogP) is 3.78. The Labute approximate surface area is 124 Å². The maximum absolute atomic E-state index is 4.60. The van der Waals surface area contributed by atoms with Crippen molar-refractivity contribution < 1.29 is 0 Å². The number of nitrogens with one attached hydrogen (secondary N) is 1. The zero-order chi connectivity index (χ0) is 14.2. The quantitative estimate of drug-likeness (QED) is 0.783. The van der Waals surface area contributed by atoms with E-state index in [0.717, 1.165) is 25.4 Å². The molecule has 1 aliphatic carbocycles. The van der Waals surface area contributed by atoms with Crippen LogP contribution in [0.15, 0.2) is 12.4 Å². The van der Waals surface area contributed by atoms with Gasteiger partial charge in [0.25, 0.3) is 0 Å². The third-order valence-corrected chi connectivity index (χ3v) is 4.54. The van der Waals surface area contributed by atoms with Crippen molar-refractivity contribution in [3.05, 3.63) is 18.2 Å². The Hall–Kier alpha value is -0.830. The topological polar surface area (TPSA) is 29.9 Å². The fourth-order valence-electron chi connectivity index (χ4n) is 3.44. The standard InChI is InChI=1S/C17H31N3/c1-3-10-18-16(15-8-6-5-7-9-15)14-17-19-11-13-20(17)12-4-2/h11,13,15-16,18H,3-10,12,14H2,1-2H3. The van der Waals surface area contributed by atoms with Crippen LogP contribution < -0.4 is 5.32 Å². The Balaban J connectivity index is 1.99. The minimum atomic E-state index is 0.619. The summed E-state index contributed by atoms with van der Waals surface area (Å²) in [5.41, 5.74) is 0. The van der Waals surface area contributed by atoms with Crippen LogP contribution in [-0.4, -0.2) is 22.1 Å². The van der Waals surface area contributed by atoms with E-state index < -0.39 is 0 Å². The van der Waals surface area contributed by atoms with Crippen molar-refractivity contribution in [2.75, 3.05) is 6.54 Å². The molecular formula is C17H31N3. The fourth-order valence-corrected chi connectivity index (χ4v) is 3.44. The number of hydrogen-bond donors (Lipinski definition) is 1. The van der Waals surface area contributed by atoms with E-state index in [1.54, 1.807) is 0 Å². The summed E-state index contributed by atoms with van der Waals surface area (Å²) in [5, 5.41) is 3.79. The largest absolute Gasteiger partial charge is 0.335 e. The van der Waals surface area contributed by atoms with Gasteiger partial charge in [-0.15, -0.1) is 0 Å². The maximum atomic E-state index is 4.60. The van der Waals surface area contributed by atoms with Crippen LogP contribution in [0.4, 0.5) is 0 Å². The molecule has 20 heavy (non-hydrogen) atoms. The lowest BCUT2D eigenvalue weighted by Crippen LogP contribution is -2.40. The molecule has 1 N–H and O–H groups in total. The molecule has 0 aromatic carbocycles. The van der Waals surface area contributed by atoms with Gasteiger partial charge in [0.05, 0.1) is 0 Å². The lowest BCUT2D eigenvalue weighted by molar-refractivity contribution is 0.263. The van der Waals surface area contributed by atoms with Crippen molar-refractivity contribution >= 4 is 0 Å². The van der Waals surface area contributed by atoms with Crippen LogP contribution in [0.2, 0.25) is 0 Å². The summed E-state index contributed by atoms with van der Waals surface area (Å²) in [7, 11) is 0. The second kappa shape index (κ2) is 8.46.